The fourth-order valence-corrected chi connectivity index (χ4v) is 3.14. The molecule has 25 heavy (non-hydrogen) atoms. The van der Waals surface area contributed by atoms with Crippen LogP contribution in [0.4, 0.5) is 0 Å². The highest BCUT2D eigenvalue weighted by Gasteiger charge is 2.23. The second-order valence-electron chi connectivity index (χ2n) is 6.36. The van der Waals surface area contributed by atoms with E-state index in [1.54, 1.807) is 0 Å². The number of carbonyl (C=O) groups excluding carboxylic acids is 1. The van der Waals surface area contributed by atoms with Crippen LogP contribution in [-0.2, 0) is 35.5 Å². The molecule has 0 bridgehead atoms. The maximum atomic E-state index is 12.5. The molecule has 2 aromatic heterocycles. The molecule has 1 aliphatic rings. The number of nitrogens with zero attached hydrogens (tertiary/aromatic N) is 4. The van der Waals surface area contributed by atoms with Gasteiger partial charge in [0.1, 0.15) is 5.76 Å². The molecule has 0 fully saturated rings. The number of carbonyl (C=O) groups is 2. The highest BCUT2D eigenvalue weighted by Crippen LogP contribution is 2.18. The van der Waals surface area contributed by atoms with Crippen LogP contribution in [0.25, 0.3) is 0 Å². The van der Waals surface area contributed by atoms with Crippen LogP contribution in [-0.4, -0.2) is 43.4 Å². The number of carboxylic acid groups (broad SMARTS) is 1. The molecule has 0 saturated carbocycles. The Bertz CT molecular complexity index is 773. The minimum absolute atomic E-state index is 0.0660. The van der Waals surface area contributed by atoms with Crippen molar-refractivity contribution >= 4 is 11.9 Å². The smallest absolute Gasteiger partial charge is 0.303 e. The summed E-state index contributed by atoms with van der Waals surface area (Å²) in [5, 5.41) is 17.1. The van der Waals surface area contributed by atoms with Crippen LogP contribution in [0.3, 0.4) is 0 Å². The highest BCUT2D eigenvalue weighted by molar-refractivity contribution is 5.76. The van der Waals surface area contributed by atoms with E-state index in [9.17, 15) is 9.59 Å². The molecule has 2 aromatic rings. The Morgan fingerprint density at radius 1 is 1.24 bits per heavy atom. The van der Waals surface area contributed by atoms with Gasteiger partial charge in [0.05, 0.1) is 36.6 Å². The van der Waals surface area contributed by atoms with E-state index in [2.05, 4.69) is 10.3 Å². The first-order chi connectivity index (χ1) is 11.9. The Morgan fingerprint density at radius 2 is 2.04 bits per heavy atom. The Kier molecular flexibility index (Phi) is 4.87. The number of fused-ring (bicyclic) bond motifs is 1. The van der Waals surface area contributed by atoms with Gasteiger partial charge in [-0.3, -0.25) is 14.3 Å². The summed E-state index contributed by atoms with van der Waals surface area (Å²) in [6.45, 7) is 5.51. The van der Waals surface area contributed by atoms with E-state index < -0.39 is 5.97 Å². The van der Waals surface area contributed by atoms with Crippen molar-refractivity contribution in [3.05, 3.63) is 34.5 Å². The average molecular weight is 346 g/mol. The van der Waals surface area contributed by atoms with E-state index in [1.807, 2.05) is 29.5 Å². The van der Waals surface area contributed by atoms with Crippen LogP contribution in [0.1, 0.15) is 41.2 Å². The second-order valence-corrected chi connectivity index (χ2v) is 6.36. The number of carboxylic acids is 1. The van der Waals surface area contributed by atoms with Crippen LogP contribution < -0.4 is 0 Å². The summed E-state index contributed by atoms with van der Waals surface area (Å²) in [6.07, 6.45) is 1.52. The van der Waals surface area contributed by atoms with Gasteiger partial charge in [0.15, 0.2) is 0 Å². The van der Waals surface area contributed by atoms with Gasteiger partial charge in [-0.1, -0.05) is 5.16 Å². The van der Waals surface area contributed by atoms with Gasteiger partial charge in [-0.05, 0) is 26.3 Å². The molecule has 8 nitrogen and oxygen atoms in total. The van der Waals surface area contributed by atoms with Crippen LogP contribution in [0.2, 0.25) is 0 Å². The first kappa shape index (κ1) is 17.2. The summed E-state index contributed by atoms with van der Waals surface area (Å²) in [7, 11) is 0. The molecule has 1 aliphatic heterocycles. The minimum atomic E-state index is -0.831. The second kappa shape index (κ2) is 7.08. The maximum absolute atomic E-state index is 12.5. The van der Waals surface area contributed by atoms with Gasteiger partial charge in [0, 0.05) is 24.9 Å². The number of amides is 1. The van der Waals surface area contributed by atoms with Gasteiger partial charge in [0.25, 0.3) is 0 Å². The van der Waals surface area contributed by atoms with E-state index in [-0.39, 0.29) is 12.3 Å². The van der Waals surface area contributed by atoms with Crippen molar-refractivity contribution in [3.63, 3.8) is 0 Å². The molecule has 3 rings (SSSR count). The van der Waals surface area contributed by atoms with E-state index in [0.29, 0.717) is 38.9 Å². The molecule has 0 radical (unpaired) electrons. The summed E-state index contributed by atoms with van der Waals surface area (Å²) in [5.74, 6) is 0.0340. The molecular formula is C17H22N4O4. The van der Waals surface area contributed by atoms with Gasteiger partial charge >= 0.3 is 5.97 Å². The lowest BCUT2D eigenvalue weighted by molar-refractivity contribution is -0.137. The number of hydrogen-bond donors (Lipinski definition) is 1. The fraction of sp³-hybridized carbons (Fsp3) is 0.529. The van der Waals surface area contributed by atoms with Crippen molar-refractivity contribution in [3.8, 4) is 0 Å². The van der Waals surface area contributed by atoms with Crippen molar-refractivity contribution in [2.75, 3.05) is 6.54 Å². The minimum Gasteiger partial charge on any atom is -0.481 e. The van der Waals surface area contributed by atoms with E-state index in [0.717, 1.165) is 28.4 Å². The van der Waals surface area contributed by atoms with Gasteiger partial charge in [-0.25, -0.2) is 0 Å². The first-order valence-corrected chi connectivity index (χ1v) is 8.41. The van der Waals surface area contributed by atoms with E-state index in [1.165, 1.54) is 0 Å². The molecular weight excluding hydrogens is 324 g/mol. The van der Waals surface area contributed by atoms with E-state index in [4.69, 9.17) is 9.63 Å². The SMILES string of the molecule is Cc1noc(C)c1CCC(=O)N1CCn2nc(CCC(=O)O)cc2C1. The monoisotopic (exact) mass is 346 g/mol. The standard InChI is InChI=1S/C17H22N4O4/c1-11-15(12(2)25-19-11)4-5-16(22)20-7-8-21-14(10-20)9-13(18-21)3-6-17(23)24/h9H,3-8,10H2,1-2H3,(H,23,24). The lowest BCUT2D eigenvalue weighted by atomic mass is 10.1. The molecule has 3 heterocycles. The zero-order chi connectivity index (χ0) is 18.0. The van der Waals surface area contributed by atoms with Crippen LogP contribution >= 0.6 is 0 Å². The van der Waals surface area contributed by atoms with Crippen molar-refractivity contribution < 1.29 is 19.2 Å². The highest BCUT2D eigenvalue weighted by atomic mass is 16.5. The molecule has 0 atom stereocenters. The number of rotatable bonds is 6. The van der Waals surface area contributed by atoms with E-state index >= 15 is 0 Å². The van der Waals surface area contributed by atoms with Crippen molar-refractivity contribution in [1.82, 2.24) is 19.8 Å². The van der Waals surface area contributed by atoms with Crippen LogP contribution in [0, 0.1) is 13.8 Å². The topological polar surface area (TPSA) is 101 Å². The van der Waals surface area contributed by atoms with Gasteiger partial charge in [0.2, 0.25) is 5.91 Å². The number of aromatic nitrogens is 3. The van der Waals surface area contributed by atoms with Crippen LogP contribution in [0.15, 0.2) is 10.6 Å². The molecule has 8 heteroatoms. The normalized spacial score (nSPS) is 13.8. The Balaban J connectivity index is 1.58. The Hall–Kier alpha value is -2.64. The lowest BCUT2D eigenvalue weighted by Crippen LogP contribution is -2.38. The summed E-state index contributed by atoms with van der Waals surface area (Å²) in [4.78, 5) is 25.0. The quantitative estimate of drug-likeness (QED) is 0.850. The molecule has 0 saturated heterocycles. The maximum Gasteiger partial charge on any atom is 0.303 e. The van der Waals surface area contributed by atoms with Crippen LogP contribution in [0.5, 0.6) is 0 Å². The summed E-state index contributed by atoms with van der Waals surface area (Å²) >= 11 is 0. The van der Waals surface area contributed by atoms with Gasteiger partial charge in [-0.15, -0.1) is 0 Å². The number of aryl methyl sites for hydroxylation is 3. The zero-order valence-corrected chi connectivity index (χ0v) is 14.5. The third-order valence-corrected chi connectivity index (χ3v) is 4.57. The van der Waals surface area contributed by atoms with Crippen molar-refractivity contribution in [2.24, 2.45) is 0 Å². The first-order valence-electron chi connectivity index (χ1n) is 8.41. The predicted octanol–water partition coefficient (Wildman–Crippen LogP) is 1.48. The third-order valence-electron chi connectivity index (χ3n) is 4.57. The summed E-state index contributed by atoms with van der Waals surface area (Å²) in [6, 6.07) is 1.90. The molecule has 0 aliphatic carbocycles. The summed E-state index contributed by atoms with van der Waals surface area (Å²) in [5.41, 5.74) is 3.57. The van der Waals surface area contributed by atoms with Gasteiger partial charge < -0.3 is 14.5 Å². The predicted molar refractivity (Wildman–Crippen MR) is 87.9 cm³/mol. The third kappa shape index (κ3) is 3.89. The van der Waals surface area contributed by atoms with Gasteiger partial charge in [-0.2, -0.15) is 5.10 Å². The Labute approximate surface area is 145 Å². The Morgan fingerprint density at radius 3 is 2.72 bits per heavy atom. The number of hydrogen-bond acceptors (Lipinski definition) is 5. The number of aliphatic carboxylic acids is 1. The van der Waals surface area contributed by atoms with Crippen molar-refractivity contribution in [1.29, 1.82) is 0 Å². The molecule has 1 amide bonds. The largest absolute Gasteiger partial charge is 0.481 e. The average Bonchev–Trinajstić information content (AvgIpc) is 3.13. The molecule has 0 spiro atoms. The molecule has 134 valence electrons. The molecule has 0 aromatic carbocycles. The lowest BCUT2D eigenvalue weighted by Gasteiger charge is -2.27. The molecule has 0 unspecified atom stereocenters. The summed E-state index contributed by atoms with van der Waals surface area (Å²) < 4.78 is 7.00. The fourth-order valence-electron chi connectivity index (χ4n) is 3.14. The zero-order valence-electron chi connectivity index (χ0n) is 14.5. The molecule has 1 N–H and O–H groups in total. The van der Waals surface area contributed by atoms with Crippen molar-refractivity contribution in [2.45, 2.75) is 52.6 Å².